The van der Waals surface area contributed by atoms with Crippen LogP contribution in [0.25, 0.3) is 0 Å². The summed E-state index contributed by atoms with van der Waals surface area (Å²) in [5, 5.41) is 9.34. The molecular formula is C15H22N2O2. The van der Waals surface area contributed by atoms with E-state index in [9.17, 15) is 9.90 Å². The third-order valence-electron chi connectivity index (χ3n) is 3.52. The molecule has 1 aromatic carbocycles. The molecule has 3 N–H and O–H groups in total. The van der Waals surface area contributed by atoms with Crippen LogP contribution in [0.4, 0.5) is 11.4 Å². The molecule has 2 rings (SSSR count). The molecule has 0 saturated heterocycles. The van der Waals surface area contributed by atoms with E-state index in [0.29, 0.717) is 28.9 Å². The fourth-order valence-electron chi connectivity index (χ4n) is 2.31. The number of nitrogens with zero attached hydrogens (tertiary/aromatic N) is 1. The van der Waals surface area contributed by atoms with Gasteiger partial charge in [0.15, 0.2) is 0 Å². The molecule has 0 bridgehead atoms. The summed E-state index contributed by atoms with van der Waals surface area (Å²) in [7, 11) is 0. The zero-order chi connectivity index (χ0) is 14.0. The van der Waals surface area contributed by atoms with Crippen molar-refractivity contribution in [3.05, 3.63) is 23.8 Å². The van der Waals surface area contributed by atoms with Crippen LogP contribution in [-0.4, -0.2) is 23.7 Å². The monoisotopic (exact) mass is 262 g/mol. The molecular weight excluding hydrogens is 240 g/mol. The summed E-state index contributed by atoms with van der Waals surface area (Å²) in [6.07, 6.45) is 3.31. The molecule has 0 amide bonds. The van der Waals surface area contributed by atoms with E-state index in [1.54, 1.807) is 18.2 Å². The standard InChI is InChI=1S/C15H22N2O2/c1-10(2)8-9-17(11-6-7-11)14-12(15(18)19)4-3-5-13(14)16/h3-5,10-11H,6-9,16H2,1-2H3,(H,18,19). The van der Waals surface area contributed by atoms with E-state index in [0.717, 1.165) is 25.8 Å². The minimum atomic E-state index is -0.905. The van der Waals surface area contributed by atoms with E-state index in [1.165, 1.54) is 0 Å². The Bertz CT molecular complexity index is 467. The van der Waals surface area contributed by atoms with Crippen molar-refractivity contribution in [2.45, 2.75) is 39.2 Å². The molecule has 0 aromatic heterocycles. The number of hydrogen-bond acceptors (Lipinski definition) is 3. The van der Waals surface area contributed by atoms with E-state index in [-0.39, 0.29) is 0 Å². The molecule has 1 fully saturated rings. The molecule has 1 saturated carbocycles. The van der Waals surface area contributed by atoms with Gasteiger partial charge in [-0.15, -0.1) is 0 Å². The summed E-state index contributed by atoms with van der Waals surface area (Å²) in [5.41, 5.74) is 7.61. The molecule has 1 aliphatic rings. The van der Waals surface area contributed by atoms with Gasteiger partial charge in [-0.05, 0) is 37.3 Å². The average molecular weight is 262 g/mol. The lowest BCUT2D eigenvalue weighted by atomic mass is 10.1. The van der Waals surface area contributed by atoms with E-state index < -0.39 is 5.97 Å². The Labute approximate surface area is 114 Å². The van der Waals surface area contributed by atoms with Crippen molar-refractivity contribution in [1.29, 1.82) is 0 Å². The highest BCUT2D eigenvalue weighted by molar-refractivity contribution is 5.98. The predicted molar refractivity (Wildman–Crippen MR) is 77.6 cm³/mol. The summed E-state index contributed by atoms with van der Waals surface area (Å²) in [6.45, 7) is 5.23. The summed E-state index contributed by atoms with van der Waals surface area (Å²) in [5.74, 6) is -0.308. The third-order valence-corrected chi connectivity index (χ3v) is 3.52. The molecule has 0 radical (unpaired) electrons. The minimum absolute atomic E-state index is 0.315. The zero-order valence-electron chi connectivity index (χ0n) is 11.6. The minimum Gasteiger partial charge on any atom is -0.478 e. The summed E-state index contributed by atoms with van der Waals surface area (Å²) >= 11 is 0. The molecule has 0 spiro atoms. The van der Waals surface area contributed by atoms with Gasteiger partial charge in [0, 0.05) is 12.6 Å². The van der Waals surface area contributed by atoms with E-state index in [1.807, 2.05) is 0 Å². The summed E-state index contributed by atoms with van der Waals surface area (Å²) in [4.78, 5) is 13.6. The number of benzene rings is 1. The number of rotatable bonds is 6. The van der Waals surface area contributed by atoms with Crippen LogP contribution in [0.1, 0.15) is 43.5 Å². The zero-order valence-corrected chi connectivity index (χ0v) is 11.6. The number of nitrogens with two attached hydrogens (primary N) is 1. The average Bonchev–Trinajstić information content (AvgIpc) is 3.14. The summed E-state index contributed by atoms with van der Waals surface area (Å²) in [6, 6.07) is 5.59. The highest BCUT2D eigenvalue weighted by atomic mass is 16.4. The van der Waals surface area contributed by atoms with Gasteiger partial charge in [0.2, 0.25) is 0 Å². The number of hydrogen-bond donors (Lipinski definition) is 2. The molecule has 0 unspecified atom stereocenters. The molecule has 4 nitrogen and oxygen atoms in total. The van der Waals surface area contributed by atoms with Gasteiger partial charge in [0.05, 0.1) is 16.9 Å². The molecule has 4 heteroatoms. The Morgan fingerprint density at radius 3 is 2.68 bits per heavy atom. The Balaban J connectivity index is 2.32. The van der Waals surface area contributed by atoms with E-state index >= 15 is 0 Å². The smallest absolute Gasteiger partial charge is 0.337 e. The number of carbonyl (C=O) groups is 1. The number of nitrogen functional groups attached to an aromatic ring is 1. The van der Waals surface area contributed by atoms with Gasteiger partial charge in [-0.1, -0.05) is 19.9 Å². The largest absolute Gasteiger partial charge is 0.478 e. The molecule has 104 valence electrons. The van der Waals surface area contributed by atoms with Gasteiger partial charge < -0.3 is 15.7 Å². The second-order valence-electron chi connectivity index (χ2n) is 5.66. The van der Waals surface area contributed by atoms with Crippen LogP contribution in [-0.2, 0) is 0 Å². The Morgan fingerprint density at radius 2 is 2.16 bits per heavy atom. The predicted octanol–water partition coefficient (Wildman–Crippen LogP) is 2.98. The van der Waals surface area contributed by atoms with Crippen molar-refractivity contribution in [3.8, 4) is 0 Å². The molecule has 0 aliphatic heterocycles. The van der Waals surface area contributed by atoms with Crippen molar-refractivity contribution in [2.24, 2.45) is 5.92 Å². The highest BCUT2D eigenvalue weighted by Crippen LogP contribution is 2.37. The van der Waals surface area contributed by atoms with E-state index in [2.05, 4.69) is 18.7 Å². The number of carboxylic acids is 1. The fourth-order valence-corrected chi connectivity index (χ4v) is 2.31. The fraction of sp³-hybridized carbons (Fsp3) is 0.533. The van der Waals surface area contributed by atoms with Crippen LogP contribution in [0, 0.1) is 5.92 Å². The molecule has 0 atom stereocenters. The number of para-hydroxylation sites is 1. The second kappa shape index (κ2) is 5.51. The van der Waals surface area contributed by atoms with Gasteiger partial charge in [-0.25, -0.2) is 4.79 Å². The lowest BCUT2D eigenvalue weighted by molar-refractivity contribution is 0.0697. The van der Waals surface area contributed by atoms with Crippen molar-refractivity contribution in [3.63, 3.8) is 0 Å². The van der Waals surface area contributed by atoms with Crippen LogP contribution < -0.4 is 10.6 Å². The second-order valence-corrected chi connectivity index (χ2v) is 5.66. The van der Waals surface area contributed by atoms with Gasteiger partial charge >= 0.3 is 5.97 Å². The van der Waals surface area contributed by atoms with Crippen LogP contribution in [0.5, 0.6) is 0 Å². The van der Waals surface area contributed by atoms with Gasteiger partial charge in [0.25, 0.3) is 0 Å². The Morgan fingerprint density at radius 1 is 1.47 bits per heavy atom. The highest BCUT2D eigenvalue weighted by Gasteiger charge is 2.32. The Kier molecular flexibility index (Phi) is 3.98. The number of anilines is 2. The van der Waals surface area contributed by atoms with Gasteiger partial charge in [-0.2, -0.15) is 0 Å². The first kappa shape index (κ1) is 13.7. The van der Waals surface area contributed by atoms with E-state index in [4.69, 9.17) is 5.73 Å². The third kappa shape index (κ3) is 3.19. The van der Waals surface area contributed by atoms with Crippen LogP contribution in [0.3, 0.4) is 0 Å². The molecule has 1 aliphatic carbocycles. The van der Waals surface area contributed by atoms with Crippen molar-refractivity contribution in [2.75, 3.05) is 17.2 Å². The van der Waals surface area contributed by atoms with Crippen LogP contribution >= 0.6 is 0 Å². The number of carboxylic acid groups (broad SMARTS) is 1. The maximum absolute atomic E-state index is 11.4. The first-order chi connectivity index (χ1) is 9.00. The molecule has 1 aromatic rings. The topological polar surface area (TPSA) is 66.6 Å². The van der Waals surface area contributed by atoms with Crippen LogP contribution in [0.2, 0.25) is 0 Å². The Hall–Kier alpha value is -1.71. The lowest BCUT2D eigenvalue weighted by Gasteiger charge is -2.28. The molecule has 19 heavy (non-hydrogen) atoms. The number of aromatic carboxylic acids is 1. The first-order valence-electron chi connectivity index (χ1n) is 6.89. The normalized spacial score (nSPS) is 14.7. The quantitative estimate of drug-likeness (QED) is 0.773. The van der Waals surface area contributed by atoms with Crippen molar-refractivity contribution in [1.82, 2.24) is 0 Å². The SMILES string of the molecule is CC(C)CCN(c1c(N)cccc1C(=O)O)C1CC1. The van der Waals surface area contributed by atoms with Crippen LogP contribution in [0.15, 0.2) is 18.2 Å². The first-order valence-corrected chi connectivity index (χ1v) is 6.89. The van der Waals surface area contributed by atoms with Crippen molar-refractivity contribution < 1.29 is 9.90 Å². The molecule has 0 heterocycles. The lowest BCUT2D eigenvalue weighted by Crippen LogP contribution is -2.30. The van der Waals surface area contributed by atoms with Gasteiger partial charge in [0.1, 0.15) is 0 Å². The maximum Gasteiger partial charge on any atom is 0.337 e. The van der Waals surface area contributed by atoms with Gasteiger partial charge in [-0.3, -0.25) is 0 Å². The maximum atomic E-state index is 11.4. The summed E-state index contributed by atoms with van der Waals surface area (Å²) < 4.78 is 0. The van der Waals surface area contributed by atoms with Crippen molar-refractivity contribution >= 4 is 17.3 Å².